The van der Waals surface area contributed by atoms with Crippen LogP contribution in [0.2, 0.25) is 0 Å². The van der Waals surface area contributed by atoms with Gasteiger partial charge in [-0.2, -0.15) is 0 Å². The Kier molecular flexibility index (Phi) is 23.2. The Labute approximate surface area is 474 Å². The Balaban J connectivity index is 1.76. The zero-order chi connectivity index (χ0) is 63.0. The Morgan fingerprint density at radius 2 is 0.847 bits per heavy atom. The number of aromatic hydroxyl groups is 4. The van der Waals surface area contributed by atoms with Crippen LogP contribution in [0.5, 0.6) is 28.7 Å². The third-order valence-corrected chi connectivity index (χ3v) is 12.0. The second kappa shape index (κ2) is 29.9. The van der Waals surface area contributed by atoms with Crippen LogP contribution in [0.3, 0.4) is 0 Å². The number of fused-ring (bicyclic) bond motifs is 1. The van der Waals surface area contributed by atoms with Crippen LogP contribution >= 0.6 is 0 Å². The van der Waals surface area contributed by atoms with E-state index in [9.17, 15) is 113 Å². The van der Waals surface area contributed by atoms with Crippen molar-refractivity contribution >= 4 is 82.6 Å². The molecule has 5 rings (SSSR count). The molecule has 85 heavy (non-hydrogen) atoms. The highest BCUT2D eigenvalue weighted by Crippen LogP contribution is 2.41. The molecular formula is C51H54O34. The zero-order valence-electron chi connectivity index (χ0n) is 44.1. The molecule has 3 heterocycles. The summed E-state index contributed by atoms with van der Waals surface area (Å²) in [6, 6.07) is 4.26. The predicted molar refractivity (Wildman–Crippen MR) is 265 cm³/mol. The van der Waals surface area contributed by atoms with Gasteiger partial charge in [-0.25, -0.2) is 0 Å². The van der Waals surface area contributed by atoms with Crippen LogP contribution in [-0.2, 0) is 100 Å². The highest BCUT2D eigenvalue weighted by Gasteiger charge is 2.56. The number of phenols is 4. The monoisotopic (exact) mass is 1210 g/mol. The molecular weight excluding hydrogens is 1160 g/mol. The molecule has 0 bridgehead atoms. The summed E-state index contributed by atoms with van der Waals surface area (Å²) in [5, 5.41) is 97.4. The molecule has 0 spiro atoms. The summed E-state index contributed by atoms with van der Waals surface area (Å²) < 4.78 is 63.6. The van der Waals surface area contributed by atoms with Crippen molar-refractivity contribution in [2.75, 3.05) is 6.61 Å². The summed E-state index contributed by atoms with van der Waals surface area (Å²) in [5.74, 6) is -22.9. The molecule has 10 N–H and O–H groups in total. The van der Waals surface area contributed by atoms with E-state index in [1.807, 2.05) is 0 Å². The van der Waals surface area contributed by atoms with E-state index in [0.29, 0.717) is 6.07 Å². The average molecular weight is 1210 g/mol. The molecule has 462 valence electrons. The number of carboxylic acid groups (broad SMARTS) is 6. The van der Waals surface area contributed by atoms with Crippen LogP contribution in [0.25, 0.3) is 22.3 Å². The first-order valence-corrected chi connectivity index (χ1v) is 25.1. The molecule has 1 aromatic heterocycles. The van der Waals surface area contributed by atoms with Gasteiger partial charge in [0.1, 0.15) is 28.6 Å². The molecule has 0 amide bonds. The van der Waals surface area contributed by atoms with Crippen LogP contribution < -0.4 is 10.2 Å². The second-order valence-electron chi connectivity index (χ2n) is 18.4. The first-order chi connectivity index (χ1) is 40.0. The number of ether oxygens (including phenoxy) is 10. The molecule has 10 atom stereocenters. The Hall–Kier alpha value is -9.83. The van der Waals surface area contributed by atoms with Gasteiger partial charge in [-0.1, -0.05) is 0 Å². The van der Waals surface area contributed by atoms with Gasteiger partial charge in [-0.15, -0.1) is 0 Å². The Bertz CT molecular complexity index is 3110. The van der Waals surface area contributed by atoms with Gasteiger partial charge in [0, 0.05) is 17.7 Å². The minimum Gasteiger partial charge on any atom is -0.508 e. The molecule has 34 nitrogen and oxygen atoms in total. The smallest absolute Gasteiger partial charge is 0.307 e. The number of aliphatic carboxylic acids is 6. The van der Waals surface area contributed by atoms with Crippen molar-refractivity contribution in [2.45, 2.75) is 145 Å². The number of rotatable bonds is 30. The van der Waals surface area contributed by atoms with Crippen molar-refractivity contribution in [3.8, 4) is 40.1 Å². The van der Waals surface area contributed by atoms with Crippen molar-refractivity contribution < 1.29 is 160 Å². The topological polar surface area (TPSA) is 530 Å². The van der Waals surface area contributed by atoms with E-state index in [0.717, 1.165) is 31.2 Å². The van der Waals surface area contributed by atoms with Gasteiger partial charge in [0.2, 0.25) is 23.6 Å². The maximum atomic E-state index is 14.7. The van der Waals surface area contributed by atoms with Crippen LogP contribution in [-0.4, -0.2) is 191 Å². The number of hydrogen-bond acceptors (Lipinski definition) is 28. The molecule has 2 fully saturated rings. The zero-order valence-corrected chi connectivity index (χ0v) is 44.1. The lowest BCUT2D eigenvalue weighted by molar-refractivity contribution is -0.324. The molecule has 0 aliphatic carbocycles. The van der Waals surface area contributed by atoms with E-state index in [1.54, 1.807) is 0 Å². The summed E-state index contributed by atoms with van der Waals surface area (Å²) in [5.41, 5.74) is -2.31. The lowest BCUT2D eigenvalue weighted by atomic mass is 9.97. The molecule has 2 aliphatic heterocycles. The van der Waals surface area contributed by atoms with Crippen LogP contribution in [0, 0.1) is 0 Å². The lowest BCUT2D eigenvalue weighted by Crippen LogP contribution is -2.65. The number of carboxylic acids is 6. The first kappa shape index (κ1) is 66.0. The third kappa shape index (κ3) is 19.1. The number of esters is 6. The van der Waals surface area contributed by atoms with Gasteiger partial charge < -0.3 is 103 Å². The molecule has 2 aliphatic rings. The molecule has 2 saturated heterocycles. The number of phenolic OH excluding ortho intramolecular Hbond substituents is 4. The summed E-state index contributed by atoms with van der Waals surface area (Å²) in [6.07, 6.45) is -33.4. The quantitative estimate of drug-likeness (QED) is 0.0251. The molecule has 3 aromatic rings. The standard InChI is InChI=1S/C51H54O34/c1-20-42(79-34(68)10-4-28(56)57)46(81-36(70)12-6-30(60)61)48(83-38(72)14-8-32(64)65)50(76-20)75-19-27-44(80-35(69)11-5-29(58)59)47(82-37(71)13-7-31(62)63)49(84-39(73)15-9-33(66)67)51(78-27)85-45-41(74)40-25(55)17-22(52)18-26(40)77-43(45)21-2-3-23(53)24(54)16-21/h2-3,16-18,20,27,42,44,46-55H,4-15,19H2,1H3,(H,56,57)(H,58,59)(H,60,61)(H,62,63)(H,64,65)(H,66,67)/t20-,27+,42-,44+,46+,47-,48+,49+,50+,51-/m0/s1. The normalized spacial score (nSPS) is 21.7. The Morgan fingerprint density at radius 1 is 0.447 bits per heavy atom. The number of carbonyl (C=O) groups is 12. The maximum Gasteiger partial charge on any atom is 0.307 e. The molecule has 2 aromatic carbocycles. The van der Waals surface area contributed by atoms with E-state index in [-0.39, 0.29) is 5.56 Å². The number of benzene rings is 2. The van der Waals surface area contributed by atoms with Crippen molar-refractivity contribution in [3.63, 3.8) is 0 Å². The lowest BCUT2D eigenvalue weighted by Gasteiger charge is -2.46. The largest absolute Gasteiger partial charge is 0.508 e. The van der Waals surface area contributed by atoms with Gasteiger partial charge in [-0.3, -0.25) is 62.3 Å². The summed E-state index contributed by atoms with van der Waals surface area (Å²) in [7, 11) is 0. The van der Waals surface area contributed by atoms with Crippen LogP contribution in [0.15, 0.2) is 39.5 Å². The summed E-state index contributed by atoms with van der Waals surface area (Å²) in [6.45, 7) is -0.135. The molecule has 0 unspecified atom stereocenters. The number of hydrogen-bond donors (Lipinski definition) is 10. The average Bonchev–Trinajstić information content (AvgIpc) is 2.82. The number of carbonyl (C=O) groups excluding carboxylic acids is 6. The third-order valence-electron chi connectivity index (χ3n) is 12.0. The van der Waals surface area contributed by atoms with Crippen molar-refractivity contribution in [1.82, 2.24) is 0 Å². The van der Waals surface area contributed by atoms with Crippen LogP contribution in [0.4, 0.5) is 0 Å². The van der Waals surface area contributed by atoms with Crippen molar-refractivity contribution in [2.24, 2.45) is 0 Å². The van der Waals surface area contributed by atoms with Gasteiger partial charge in [0.25, 0.3) is 0 Å². The highest BCUT2D eigenvalue weighted by molar-refractivity contribution is 5.89. The van der Waals surface area contributed by atoms with E-state index in [2.05, 4.69) is 0 Å². The fourth-order valence-electron chi connectivity index (χ4n) is 8.09. The Morgan fingerprint density at radius 3 is 1.28 bits per heavy atom. The maximum absolute atomic E-state index is 14.7. The van der Waals surface area contributed by atoms with Crippen molar-refractivity contribution in [1.29, 1.82) is 0 Å². The first-order valence-electron chi connectivity index (χ1n) is 25.1. The van der Waals surface area contributed by atoms with Crippen molar-refractivity contribution in [3.05, 3.63) is 40.6 Å². The second-order valence-corrected chi connectivity index (χ2v) is 18.4. The highest BCUT2D eigenvalue weighted by atomic mass is 16.8. The minimum atomic E-state index is -2.56. The molecule has 0 radical (unpaired) electrons. The van der Waals surface area contributed by atoms with Gasteiger partial charge in [0.05, 0.1) is 89.8 Å². The fraction of sp³-hybridized carbons (Fsp3) is 0.471. The minimum absolute atomic E-state index is 0.351. The van der Waals surface area contributed by atoms with Gasteiger partial charge in [0.15, 0.2) is 54.1 Å². The predicted octanol–water partition coefficient (Wildman–Crippen LogP) is 0.807. The fourth-order valence-corrected chi connectivity index (χ4v) is 8.09. The SMILES string of the molecule is C[C@@H]1O[C@@H](OC[C@H]2O[C@@H](Oc3c(-c4ccc(O)c(O)c4)oc4cc(O)cc(O)c4c3=O)[C@H](OC(=O)CCC(=O)O)[C@@H](OC(=O)CCC(=O)O)[C@@H]2OC(=O)CCC(=O)O)[C@H](OC(=O)CCC(=O)O)[C@H](OC(=O)CCC(=O)O)[C@H]1OC(=O)CCC(=O)O. The van der Waals surface area contributed by atoms with E-state index in [1.165, 1.54) is 0 Å². The van der Waals surface area contributed by atoms with Gasteiger partial charge in [-0.05, 0) is 25.1 Å². The molecule has 0 saturated carbocycles. The summed E-state index contributed by atoms with van der Waals surface area (Å²) in [4.78, 5) is 164. The van der Waals surface area contributed by atoms with Crippen LogP contribution in [0.1, 0.15) is 84.0 Å². The van der Waals surface area contributed by atoms with E-state index in [4.69, 9.17) is 51.8 Å². The van der Waals surface area contributed by atoms with Gasteiger partial charge >= 0.3 is 71.6 Å². The molecule has 34 heteroatoms. The summed E-state index contributed by atoms with van der Waals surface area (Å²) >= 11 is 0. The van der Waals surface area contributed by atoms with E-state index < -0.39 is 268 Å². The van der Waals surface area contributed by atoms with E-state index >= 15 is 0 Å².